The van der Waals surface area contributed by atoms with Crippen LogP contribution >= 0.6 is 12.2 Å². The largest absolute Gasteiger partial charge is 0.483 e. The molecule has 110 valence electrons. The second kappa shape index (κ2) is 7.85. The van der Waals surface area contributed by atoms with Crippen molar-refractivity contribution >= 4 is 23.1 Å². The summed E-state index contributed by atoms with van der Waals surface area (Å²) in [6.45, 7) is 6.77. The topological polar surface area (TPSA) is 55.6 Å². The van der Waals surface area contributed by atoms with E-state index in [2.05, 4.69) is 0 Å². The van der Waals surface area contributed by atoms with Crippen molar-refractivity contribution in [3.63, 3.8) is 0 Å². The molecule has 1 rings (SSSR count). The van der Waals surface area contributed by atoms with Gasteiger partial charge in [-0.15, -0.1) is 0 Å². The summed E-state index contributed by atoms with van der Waals surface area (Å²) in [6, 6.07) is 7.38. The lowest BCUT2D eigenvalue weighted by Crippen LogP contribution is -2.40. The lowest BCUT2D eigenvalue weighted by molar-refractivity contribution is -0.135. The van der Waals surface area contributed by atoms with Crippen LogP contribution in [0.25, 0.3) is 0 Å². The second-order valence-corrected chi connectivity index (χ2v) is 5.27. The Labute approximate surface area is 125 Å². The Balaban J connectivity index is 2.71. The van der Waals surface area contributed by atoms with Crippen LogP contribution in [0.5, 0.6) is 5.75 Å². The van der Waals surface area contributed by atoms with E-state index in [1.54, 1.807) is 12.1 Å². The molecule has 5 heteroatoms. The minimum Gasteiger partial charge on any atom is -0.483 e. The monoisotopic (exact) mass is 294 g/mol. The van der Waals surface area contributed by atoms with Crippen molar-refractivity contribution in [2.75, 3.05) is 13.2 Å². The molecule has 0 unspecified atom stereocenters. The molecule has 0 aliphatic rings. The van der Waals surface area contributed by atoms with Gasteiger partial charge in [-0.3, -0.25) is 4.79 Å². The Kier molecular flexibility index (Phi) is 6.45. The number of amides is 1. The summed E-state index contributed by atoms with van der Waals surface area (Å²) in [4.78, 5) is 14.2. The number of hydrogen-bond acceptors (Lipinski definition) is 3. The van der Waals surface area contributed by atoms with Gasteiger partial charge in [0.2, 0.25) is 0 Å². The minimum atomic E-state index is -0.0282. The molecule has 4 nitrogen and oxygen atoms in total. The van der Waals surface area contributed by atoms with Crippen molar-refractivity contribution in [2.45, 2.75) is 33.2 Å². The van der Waals surface area contributed by atoms with Gasteiger partial charge in [0.25, 0.3) is 5.91 Å². The third-order valence-corrected chi connectivity index (χ3v) is 3.13. The van der Waals surface area contributed by atoms with Crippen molar-refractivity contribution < 1.29 is 9.53 Å². The minimum absolute atomic E-state index is 0.00218. The van der Waals surface area contributed by atoms with E-state index in [0.29, 0.717) is 11.3 Å². The second-order valence-electron chi connectivity index (χ2n) is 4.83. The Morgan fingerprint density at radius 2 is 2.05 bits per heavy atom. The fourth-order valence-electron chi connectivity index (χ4n) is 1.93. The van der Waals surface area contributed by atoms with E-state index < -0.39 is 0 Å². The highest BCUT2D eigenvalue weighted by atomic mass is 32.1. The molecule has 1 aromatic carbocycles. The fraction of sp³-hybridized carbons (Fsp3) is 0.467. The standard InChI is InChI=1S/C15H22N2O2S/c1-4-9-17(11(2)3)14(18)10-19-13-8-6-5-7-12(13)15(16)20/h5-8,11H,4,9-10H2,1-3H3,(H2,16,20). The molecule has 0 atom stereocenters. The number of para-hydroxylation sites is 1. The lowest BCUT2D eigenvalue weighted by Gasteiger charge is -2.26. The van der Waals surface area contributed by atoms with E-state index in [1.165, 1.54) is 0 Å². The number of thiocarbonyl (C=S) groups is 1. The van der Waals surface area contributed by atoms with Crippen LogP contribution in [-0.4, -0.2) is 35.0 Å². The van der Waals surface area contributed by atoms with Gasteiger partial charge in [0.1, 0.15) is 10.7 Å². The molecule has 0 aliphatic heterocycles. The van der Waals surface area contributed by atoms with Gasteiger partial charge in [-0.05, 0) is 32.4 Å². The molecule has 2 N–H and O–H groups in total. The summed E-state index contributed by atoms with van der Waals surface area (Å²) in [7, 11) is 0. The molecule has 0 saturated heterocycles. The highest BCUT2D eigenvalue weighted by Gasteiger charge is 2.17. The third kappa shape index (κ3) is 4.49. The fourth-order valence-corrected chi connectivity index (χ4v) is 2.10. The molecule has 0 fully saturated rings. The summed E-state index contributed by atoms with van der Waals surface area (Å²) in [5.74, 6) is 0.521. The van der Waals surface area contributed by atoms with Crippen molar-refractivity contribution in [1.82, 2.24) is 4.90 Å². The number of benzene rings is 1. The predicted molar refractivity (Wildman–Crippen MR) is 85.0 cm³/mol. The summed E-state index contributed by atoms with van der Waals surface area (Å²) in [6.07, 6.45) is 0.924. The van der Waals surface area contributed by atoms with E-state index in [-0.39, 0.29) is 23.5 Å². The molecular weight excluding hydrogens is 272 g/mol. The first-order valence-corrected chi connectivity index (χ1v) is 7.19. The van der Waals surface area contributed by atoms with Crippen molar-refractivity contribution in [2.24, 2.45) is 5.73 Å². The number of nitrogens with zero attached hydrogens (tertiary/aromatic N) is 1. The maximum atomic E-state index is 12.2. The smallest absolute Gasteiger partial charge is 0.260 e. The van der Waals surface area contributed by atoms with Crippen LogP contribution in [0.1, 0.15) is 32.8 Å². The van der Waals surface area contributed by atoms with Gasteiger partial charge in [-0.1, -0.05) is 31.3 Å². The molecular formula is C15H22N2O2S. The molecule has 0 spiro atoms. The normalized spacial score (nSPS) is 10.4. The average Bonchev–Trinajstić information content (AvgIpc) is 2.42. The number of carbonyl (C=O) groups is 1. The Bertz CT molecular complexity index is 475. The maximum Gasteiger partial charge on any atom is 0.260 e. The summed E-state index contributed by atoms with van der Waals surface area (Å²) >= 11 is 4.97. The molecule has 0 radical (unpaired) electrons. The van der Waals surface area contributed by atoms with E-state index >= 15 is 0 Å². The molecule has 1 aromatic rings. The summed E-state index contributed by atoms with van der Waals surface area (Å²) < 4.78 is 5.58. The van der Waals surface area contributed by atoms with Crippen LogP contribution in [0, 0.1) is 0 Å². The van der Waals surface area contributed by atoms with Crippen molar-refractivity contribution in [3.05, 3.63) is 29.8 Å². The zero-order valence-electron chi connectivity index (χ0n) is 12.3. The van der Waals surface area contributed by atoms with Crippen molar-refractivity contribution in [3.8, 4) is 5.75 Å². The van der Waals surface area contributed by atoms with Gasteiger partial charge < -0.3 is 15.4 Å². The first kappa shape index (κ1) is 16.4. The summed E-state index contributed by atoms with van der Waals surface area (Å²) in [5, 5.41) is 0. The average molecular weight is 294 g/mol. The van der Waals surface area contributed by atoms with Gasteiger partial charge in [0.15, 0.2) is 6.61 Å². The van der Waals surface area contributed by atoms with E-state index in [0.717, 1.165) is 13.0 Å². The molecule has 0 aliphatic carbocycles. The first-order chi connectivity index (χ1) is 9.47. The van der Waals surface area contributed by atoms with Gasteiger partial charge in [0, 0.05) is 12.6 Å². The molecule has 0 saturated carbocycles. The lowest BCUT2D eigenvalue weighted by atomic mass is 10.2. The first-order valence-electron chi connectivity index (χ1n) is 6.78. The zero-order chi connectivity index (χ0) is 15.1. The number of nitrogens with two attached hydrogens (primary N) is 1. The van der Waals surface area contributed by atoms with Crippen LogP contribution in [-0.2, 0) is 4.79 Å². The number of rotatable bonds is 7. The van der Waals surface area contributed by atoms with Crippen LogP contribution in [0.15, 0.2) is 24.3 Å². The van der Waals surface area contributed by atoms with Gasteiger partial charge >= 0.3 is 0 Å². The predicted octanol–water partition coefficient (Wildman–Crippen LogP) is 2.35. The Morgan fingerprint density at radius 1 is 1.40 bits per heavy atom. The molecule has 0 bridgehead atoms. The number of ether oxygens (including phenoxy) is 1. The van der Waals surface area contributed by atoms with Gasteiger partial charge in [-0.2, -0.15) is 0 Å². The van der Waals surface area contributed by atoms with Gasteiger partial charge in [-0.25, -0.2) is 0 Å². The SMILES string of the molecule is CCCN(C(=O)COc1ccccc1C(N)=S)C(C)C. The van der Waals surface area contributed by atoms with E-state index in [4.69, 9.17) is 22.7 Å². The van der Waals surface area contributed by atoms with E-state index in [1.807, 2.05) is 37.8 Å². The van der Waals surface area contributed by atoms with Crippen LogP contribution in [0.3, 0.4) is 0 Å². The Morgan fingerprint density at radius 3 is 2.60 bits per heavy atom. The van der Waals surface area contributed by atoms with Crippen molar-refractivity contribution in [1.29, 1.82) is 0 Å². The molecule has 1 amide bonds. The zero-order valence-corrected chi connectivity index (χ0v) is 13.1. The van der Waals surface area contributed by atoms with E-state index in [9.17, 15) is 4.79 Å². The molecule has 0 aromatic heterocycles. The Hall–Kier alpha value is -1.62. The van der Waals surface area contributed by atoms with Crippen LogP contribution in [0.2, 0.25) is 0 Å². The quantitative estimate of drug-likeness (QED) is 0.784. The highest BCUT2D eigenvalue weighted by Crippen LogP contribution is 2.17. The van der Waals surface area contributed by atoms with Crippen LogP contribution < -0.4 is 10.5 Å². The van der Waals surface area contributed by atoms with Crippen LogP contribution in [0.4, 0.5) is 0 Å². The molecule has 0 heterocycles. The third-order valence-electron chi connectivity index (χ3n) is 2.91. The molecule has 20 heavy (non-hydrogen) atoms. The number of hydrogen-bond donors (Lipinski definition) is 1. The highest BCUT2D eigenvalue weighted by molar-refractivity contribution is 7.80. The number of carbonyl (C=O) groups excluding carboxylic acids is 1. The van der Waals surface area contributed by atoms with Gasteiger partial charge in [0.05, 0.1) is 5.56 Å². The summed E-state index contributed by atoms with van der Waals surface area (Å²) in [5.41, 5.74) is 6.29. The maximum absolute atomic E-state index is 12.2.